The summed E-state index contributed by atoms with van der Waals surface area (Å²) in [6, 6.07) is 5.93. The van der Waals surface area contributed by atoms with E-state index in [1.807, 2.05) is 30.6 Å². The molecule has 0 amide bonds. The van der Waals surface area contributed by atoms with Gasteiger partial charge < -0.3 is 0 Å². The summed E-state index contributed by atoms with van der Waals surface area (Å²) in [6.45, 7) is 0. The van der Waals surface area contributed by atoms with Crippen LogP contribution in [-0.4, -0.2) is 9.97 Å². The molecule has 70 valence electrons. The Balaban J connectivity index is 2.42. The van der Waals surface area contributed by atoms with Crippen LogP contribution < -0.4 is 0 Å². The molecule has 0 aliphatic heterocycles. The number of hydrogen-bond acceptors (Lipinski definition) is 2. The van der Waals surface area contributed by atoms with E-state index in [-0.39, 0.29) is 0 Å². The summed E-state index contributed by atoms with van der Waals surface area (Å²) in [5, 5.41) is 0. The van der Waals surface area contributed by atoms with Crippen LogP contribution in [0.2, 0.25) is 0 Å². The van der Waals surface area contributed by atoms with Crippen LogP contribution in [0.5, 0.6) is 0 Å². The molecule has 3 heteroatoms. The molecule has 14 heavy (non-hydrogen) atoms. The molecular weight excluding hydrogens is 196 g/mol. The van der Waals surface area contributed by atoms with Gasteiger partial charge in [0.05, 0.1) is 0 Å². The fraction of sp³-hybridized carbons (Fsp3) is 0.0909. The maximum atomic E-state index is 5.73. The van der Waals surface area contributed by atoms with E-state index in [9.17, 15) is 0 Å². The highest BCUT2D eigenvalue weighted by atomic mass is 35.5. The Kier molecular flexibility index (Phi) is 2.75. The van der Waals surface area contributed by atoms with Gasteiger partial charge in [-0.3, -0.25) is 9.97 Å². The highest BCUT2D eigenvalue weighted by Gasteiger charge is 1.98. The van der Waals surface area contributed by atoms with Crippen molar-refractivity contribution >= 4 is 11.6 Å². The number of pyridine rings is 2. The normalized spacial score (nSPS) is 10.1. The standard InChI is InChI=1S/C11H9ClN2/c12-5-9-4-11(8-14-6-9)10-2-1-3-13-7-10/h1-4,6-8H,5H2. The largest absolute Gasteiger partial charge is 0.264 e. The first-order valence-corrected chi connectivity index (χ1v) is 4.84. The summed E-state index contributed by atoms with van der Waals surface area (Å²) in [5.74, 6) is 0.487. The Morgan fingerprint density at radius 3 is 2.64 bits per heavy atom. The van der Waals surface area contributed by atoms with Crippen molar-refractivity contribution in [2.24, 2.45) is 0 Å². The van der Waals surface area contributed by atoms with Crippen LogP contribution in [-0.2, 0) is 5.88 Å². The van der Waals surface area contributed by atoms with Crippen molar-refractivity contribution in [3.63, 3.8) is 0 Å². The number of hydrogen-bond donors (Lipinski definition) is 0. The molecular formula is C11H9ClN2. The topological polar surface area (TPSA) is 25.8 Å². The minimum absolute atomic E-state index is 0.487. The van der Waals surface area contributed by atoms with Crippen LogP contribution in [0.3, 0.4) is 0 Å². The lowest BCUT2D eigenvalue weighted by Crippen LogP contribution is -1.84. The second-order valence-corrected chi connectivity index (χ2v) is 3.22. The van der Waals surface area contributed by atoms with Gasteiger partial charge in [0.1, 0.15) is 0 Å². The minimum atomic E-state index is 0.487. The van der Waals surface area contributed by atoms with Gasteiger partial charge in [-0.1, -0.05) is 6.07 Å². The Morgan fingerprint density at radius 1 is 1.07 bits per heavy atom. The molecule has 0 aromatic carbocycles. The van der Waals surface area contributed by atoms with Crippen molar-refractivity contribution in [2.75, 3.05) is 0 Å². The Morgan fingerprint density at radius 2 is 1.93 bits per heavy atom. The number of halogens is 1. The summed E-state index contributed by atoms with van der Waals surface area (Å²) in [6.07, 6.45) is 7.15. The molecule has 2 nitrogen and oxygen atoms in total. The quantitative estimate of drug-likeness (QED) is 0.703. The fourth-order valence-corrected chi connectivity index (χ4v) is 1.40. The molecule has 0 aliphatic carbocycles. The third-order valence-electron chi connectivity index (χ3n) is 1.94. The highest BCUT2D eigenvalue weighted by molar-refractivity contribution is 6.17. The number of aromatic nitrogens is 2. The van der Waals surface area contributed by atoms with Crippen LogP contribution in [0.15, 0.2) is 43.0 Å². The molecule has 0 spiro atoms. The van der Waals surface area contributed by atoms with Crippen LogP contribution in [0.4, 0.5) is 0 Å². The fourth-order valence-electron chi connectivity index (χ4n) is 1.25. The maximum absolute atomic E-state index is 5.73. The first-order chi connectivity index (χ1) is 6.90. The average Bonchev–Trinajstić information content (AvgIpc) is 2.30. The van der Waals surface area contributed by atoms with Gasteiger partial charge in [-0.05, 0) is 17.7 Å². The zero-order valence-electron chi connectivity index (χ0n) is 7.52. The Labute approximate surface area is 87.6 Å². The SMILES string of the molecule is ClCc1cncc(-c2cccnc2)c1. The van der Waals surface area contributed by atoms with Crippen molar-refractivity contribution in [3.05, 3.63) is 48.5 Å². The van der Waals surface area contributed by atoms with Crippen molar-refractivity contribution in [2.45, 2.75) is 5.88 Å². The van der Waals surface area contributed by atoms with E-state index >= 15 is 0 Å². The summed E-state index contributed by atoms with van der Waals surface area (Å²) < 4.78 is 0. The van der Waals surface area contributed by atoms with E-state index in [0.29, 0.717) is 5.88 Å². The monoisotopic (exact) mass is 204 g/mol. The predicted octanol–water partition coefficient (Wildman–Crippen LogP) is 2.88. The first kappa shape index (κ1) is 9.16. The summed E-state index contributed by atoms with van der Waals surface area (Å²) in [5.41, 5.74) is 3.14. The summed E-state index contributed by atoms with van der Waals surface area (Å²) >= 11 is 5.73. The van der Waals surface area contributed by atoms with Crippen molar-refractivity contribution in [1.29, 1.82) is 0 Å². The van der Waals surface area contributed by atoms with Gasteiger partial charge >= 0.3 is 0 Å². The van der Waals surface area contributed by atoms with Crippen LogP contribution >= 0.6 is 11.6 Å². The summed E-state index contributed by atoms with van der Waals surface area (Å²) in [7, 11) is 0. The van der Waals surface area contributed by atoms with Crippen LogP contribution in [0.1, 0.15) is 5.56 Å². The van der Waals surface area contributed by atoms with E-state index in [0.717, 1.165) is 16.7 Å². The van der Waals surface area contributed by atoms with E-state index in [2.05, 4.69) is 9.97 Å². The number of alkyl halides is 1. The second-order valence-electron chi connectivity index (χ2n) is 2.96. The molecule has 0 N–H and O–H groups in total. The summed E-state index contributed by atoms with van der Waals surface area (Å²) in [4.78, 5) is 8.18. The van der Waals surface area contributed by atoms with Crippen molar-refractivity contribution in [3.8, 4) is 11.1 Å². The van der Waals surface area contributed by atoms with Crippen LogP contribution in [0, 0.1) is 0 Å². The van der Waals surface area contributed by atoms with E-state index in [1.165, 1.54) is 0 Å². The van der Waals surface area contributed by atoms with Crippen LogP contribution in [0.25, 0.3) is 11.1 Å². The molecule has 0 bridgehead atoms. The lowest BCUT2D eigenvalue weighted by atomic mass is 10.1. The molecule has 2 aromatic heterocycles. The highest BCUT2D eigenvalue weighted by Crippen LogP contribution is 2.18. The molecule has 0 saturated heterocycles. The van der Waals surface area contributed by atoms with E-state index < -0.39 is 0 Å². The molecule has 0 aliphatic rings. The predicted molar refractivity (Wildman–Crippen MR) is 57.0 cm³/mol. The molecule has 2 aromatic rings. The molecule has 0 saturated carbocycles. The van der Waals surface area contributed by atoms with Crippen molar-refractivity contribution < 1.29 is 0 Å². The third kappa shape index (κ3) is 1.91. The number of rotatable bonds is 2. The van der Waals surface area contributed by atoms with Gasteiger partial charge in [-0.25, -0.2) is 0 Å². The molecule has 2 heterocycles. The molecule has 2 rings (SSSR count). The molecule has 0 unspecified atom stereocenters. The Hall–Kier alpha value is -1.41. The van der Waals surface area contributed by atoms with Gasteiger partial charge in [0.15, 0.2) is 0 Å². The molecule has 0 radical (unpaired) electrons. The van der Waals surface area contributed by atoms with Gasteiger partial charge in [0.2, 0.25) is 0 Å². The van der Waals surface area contributed by atoms with Gasteiger partial charge in [-0.2, -0.15) is 0 Å². The molecule has 0 atom stereocenters. The minimum Gasteiger partial charge on any atom is -0.264 e. The smallest absolute Gasteiger partial charge is 0.0489 e. The van der Waals surface area contributed by atoms with E-state index in [1.54, 1.807) is 12.4 Å². The lowest BCUT2D eigenvalue weighted by molar-refractivity contribution is 1.24. The van der Waals surface area contributed by atoms with Gasteiger partial charge in [-0.15, -0.1) is 11.6 Å². The van der Waals surface area contributed by atoms with Gasteiger partial charge in [0.25, 0.3) is 0 Å². The Bertz CT molecular complexity index is 415. The lowest BCUT2D eigenvalue weighted by Gasteiger charge is -2.01. The molecule has 0 fully saturated rings. The zero-order chi connectivity index (χ0) is 9.80. The maximum Gasteiger partial charge on any atom is 0.0489 e. The van der Waals surface area contributed by atoms with Crippen molar-refractivity contribution in [1.82, 2.24) is 9.97 Å². The number of nitrogens with zero attached hydrogens (tertiary/aromatic N) is 2. The van der Waals surface area contributed by atoms with E-state index in [4.69, 9.17) is 11.6 Å². The second kappa shape index (κ2) is 4.20. The van der Waals surface area contributed by atoms with Gasteiger partial charge in [0, 0.05) is 41.8 Å². The average molecular weight is 205 g/mol. The zero-order valence-corrected chi connectivity index (χ0v) is 8.28. The first-order valence-electron chi connectivity index (χ1n) is 4.30. The third-order valence-corrected chi connectivity index (χ3v) is 2.25.